The molecular weight excluding hydrogens is 2010 g/mol. The molecule has 61 nitrogen and oxygen atoms in total. The van der Waals surface area contributed by atoms with Crippen LogP contribution in [0.5, 0.6) is 0 Å². The number of ketones is 4. The highest BCUT2D eigenvalue weighted by molar-refractivity contribution is 7.99. The fourth-order valence-electron chi connectivity index (χ4n) is 10.1. The van der Waals surface area contributed by atoms with Crippen LogP contribution in [0.4, 0.5) is 0 Å². The van der Waals surface area contributed by atoms with Crippen molar-refractivity contribution in [3.05, 3.63) is 0 Å². The normalized spacial score (nSPS) is 15.7. The molecule has 25 atom stereocenters. The van der Waals surface area contributed by atoms with Gasteiger partial charge in [0.1, 0.15) is 83.9 Å². The SMILES string of the molecule is CNC(C)C(=O)CC(CC(=O)NCC(O)C(=O)O)C(=O)NC(CSC)C(=O)O.CN[C@@H](C)C(=O)CC(CC(=O)NCC(O)C(O)C(O)C(O)C(=O)O)C(=O)N[C@@H](CSC)C(=O)O.CN[C@@H](C)C(=O)C[C@@H](CC(=O)NC[C@H](O)[C@@H](O)[C@H](O)[C@H](O)C(=O)O)C(=O)N[C@@H](CSC)C(=O)O.CN[C@@H](C)C(=O)C[C@H](CC(=O)NC[C@H](O)[C@@H](O)[C@H](O)[C@H](O)C(=O)O)C(=O)N[C@@H](CSC)C(=O)O.O=C=O.O=C=O.O=C=O.O=C=O. The minimum Gasteiger partial charge on any atom is -0.480 e. The van der Waals surface area contributed by atoms with Gasteiger partial charge in [-0.1, -0.05) is 0 Å². The van der Waals surface area contributed by atoms with Gasteiger partial charge in [0, 0.05) is 94.0 Å². The third-order valence-corrected chi connectivity index (χ3v) is 21.4. The molecule has 0 aliphatic carbocycles. The summed E-state index contributed by atoms with van der Waals surface area (Å²) in [6.07, 6.45) is -23.7. The van der Waals surface area contributed by atoms with E-state index < -0.39 is 316 Å². The second-order valence-corrected chi connectivity index (χ2v) is 32.8. The topological polar surface area (TPSA) is 1050 Å². The van der Waals surface area contributed by atoms with E-state index in [4.69, 9.17) is 63.9 Å². The van der Waals surface area contributed by atoms with Crippen LogP contribution < -0.4 is 63.8 Å². The van der Waals surface area contributed by atoms with Crippen LogP contribution in [0.2, 0.25) is 0 Å². The molecule has 8 amide bonds. The predicted octanol–water partition coefficient (Wildman–Crippen LogP) is -15.9. The number of carboxylic acid groups (broad SMARTS) is 8. The summed E-state index contributed by atoms with van der Waals surface area (Å²) in [5.74, 6) is -24.9. The largest absolute Gasteiger partial charge is 0.480 e. The fourth-order valence-corrected chi connectivity index (χ4v) is 12.3. The van der Waals surface area contributed by atoms with Gasteiger partial charge in [-0.05, 0) is 80.9 Å². The number of carbonyl (C=O) groups is 20. The molecule has 0 aromatic rings. The molecule has 65 heteroatoms. The van der Waals surface area contributed by atoms with Crippen LogP contribution in [0.1, 0.15) is 79.1 Å². The van der Waals surface area contributed by atoms with Crippen molar-refractivity contribution in [1.82, 2.24) is 63.8 Å². The van der Waals surface area contributed by atoms with Crippen molar-refractivity contribution < 1.29 is 241 Å². The fraction of sp³-hybridized carbons (Fsp3) is 0.688. The Morgan fingerprint density at radius 1 is 0.246 bits per heavy atom. The Morgan fingerprint density at radius 3 is 0.542 bits per heavy atom. The van der Waals surface area contributed by atoms with Crippen LogP contribution in [-0.4, -0.2) is 480 Å². The Balaban J connectivity index is -0.000000270. The lowest BCUT2D eigenvalue weighted by molar-refractivity contribution is -0.193. The zero-order chi connectivity index (χ0) is 112. The van der Waals surface area contributed by atoms with E-state index in [0.29, 0.717) is 0 Å². The lowest BCUT2D eigenvalue weighted by Gasteiger charge is -2.25. The zero-order valence-electron chi connectivity index (χ0n) is 78.2. The first-order valence-corrected chi connectivity index (χ1v) is 46.2. The third-order valence-electron chi connectivity index (χ3n) is 18.7. The first kappa shape index (κ1) is 146. The van der Waals surface area contributed by atoms with Crippen molar-refractivity contribution >= 4 is 190 Å². The molecule has 0 aliphatic rings. The molecule has 0 fully saturated rings. The summed E-state index contributed by atoms with van der Waals surface area (Å²) in [5.41, 5.74) is 0. The van der Waals surface area contributed by atoms with Gasteiger partial charge in [-0.25, -0.2) is 38.4 Å². The Bertz CT molecular complexity index is 3760. The van der Waals surface area contributed by atoms with Crippen molar-refractivity contribution in [1.29, 1.82) is 0 Å². The van der Waals surface area contributed by atoms with E-state index in [2.05, 4.69) is 63.8 Å². The molecule has 0 heterocycles. The molecule has 812 valence electrons. The van der Waals surface area contributed by atoms with Crippen molar-refractivity contribution in [2.75, 3.05) is 102 Å². The van der Waals surface area contributed by atoms with E-state index in [0.717, 1.165) is 0 Å². The molecule has 0 aromatic carbocycles. The lowest BCUT2D eigenvalue weighted by Crippen LogP contribution is -2.51. The maximum Gasteiger partial charge on any atom is 0.373 e. The predicted molar refractivity (Wildman–Crippen MR) is 478 cm³/mol. The number of hydrogen-bond donors (Lipinski definition) is 33. The number of Topliss-reactive ketones (excluding diaryl/α,β-unsaturated/α-hetero) is 4. The number of likely N-dealkylation sites (N-methyl/N-ethyl adjacent to an activating group) is 4. The summed E-state index contributed by atoms with van der Waals surface area (Å²) in [6, 6.07) is -7.42. The second-order valence-electron chi connectivity index (χ2n) is 29.1. The molecule has 0 aromatic heterocycles. The first-order valence-electron chi connectivity index (χ1n) is 40.7. The smallest absolute Gasteiger partial charge is 0.373 e. The second kappa shape index (κ2) is 84.0. The highest BCUT2D eigenvalue weighted by Crippen LogP contribution is 2.20. The average Bonchev–Trinajstić information content (AvgIpc) is 1.38. The van der Waals surface area contributed by atoms with Crippen LogP contribution in [0.25, 0.3) is 0 Å². The monoisotopic (exact) mass is 2130 g/mol. The number of hydrogen-bond acceptors (Lipinski definition) is 49. The first-order chi connectivity index (χ1) is 66.0. The van der Waals surface area contributed by atoms with Gasteiger partial charge in [-0.3, -0.25) is 57.5 Å². The Kier molecular flexibility index (Phi) is 86.2. The van der Waals surface area contributed by atoms with Gasteiger partial charge >= 0.3 is 72.4 Å². The van der Waals surface area contributed by atoms with Gasteiger partial charge in [0.05, 0.1) is 72.7 Å². The molecule has 0 bridgehead atoms. The van der Waals surface area contributed by atoms with Crippen molar-refractivity contribution in [2.24, 2.45) is 23.7 Å². The number of thioether (sulfide) groups is 4. The summed E-state index contributed by atoms with van der Waals surface area (Å²) in [5, 5.41) is 224. The minimum atomic E-state index is -2.38. The minimum absolute atomic E-state index is 0.0510. The van der Waals surface area contributed by atoms with Gasteiger partial charge in [0.15, 0.2) is 24.4 Å². The van der Waals surface area contributed by atoms with E-state index in [1.165, 1.54) is 68.2 Å². The molecular formula is C77H126N12O49S4. The molecule has 0 rings (SSSR count). The summed E-state index contributed by atoms with van der Waals surface area (Å²) < 4.78 is 0. The summed E-state index contributed by atoms with van der Waals surface area (Å²) in [4.78, 5) is 301. The molecule has 0 radical (unpaired) electrons. The van der Waals surface area contributed by atoms with Gasteiger partial charge in [0.2, 0.25) is 47.3 Å². The molecule has 0 aliphatic heterocycles. The molecule has 0 saturated heterocycles. The van der Waals surface area contributed by atoms with E-state index in [-0.39, 0.29) is 79.1 Å². The molecule has 9 unspecified atom stereocenters. The van der Waals surface area contributed by atoms with Gasteiger partial charge in [-0.15, -0.1) is 0 Å². The summed E-state index contributed by atoms with van der Waals surface area (Å²) in [6.45, 7) is 3.61. The highest BCUT2D eigenvalue weighted by Gasteiger charge is 2.41. The number of aliphatic carboxylic acids is 8. The number of amides is 8. The molecule has 33 N–H and O–H groups in total. The van der Waals surface area contributed by atoms with Crippen molar-refractivity contribution in [2.45, 2.75) is 207 Å². The van der Waals surface area contributed by atoms with Crippen LogP contribution in [0.15, 0.2) is 0 Å². The number of aliphatic hydroxyl groups is 13. The average molecular weight is 2130 g/mol. The van der Waals surface area contributed by atoms with E-state index in [9.17, 15) is 178 Å². The van der Waals surface area contributed by atoms with Gasteiger partial charge in [-0.2, -0.15) is 85.4 Å². The standard InChI is InChI=1S/3C19H33N3O11S.C16H27N3O8S.4CO2/c3*1-8(20-2)11(23)4-9(17(29)22-10(7-34-3)18(30)31)5-13(25)21-6-12(24)14(26)15(27)16(28)19(32)33;1-8(17-2)11(20)4-9(5-13(22)18-6-12(21)16(26)27)14(23)19-10(7-28-3)15(24)25;4*2-1-3/h3*8-10,12,14-16,20,24,26-28H,4-7H2,1-3H3,(H,21,25)(H,22,29)(H,30,31)(H,32,33);8-10,12,17,21H,4-7H2,1-3H3,(H,18,22)(H,19,23)(H,24,25)(H,26,27);;;;/t8-,9?,10-,12?,14?,15?,16?;8-,9+,10-,12-,14+,15-,16-;8-,9-,10-,12-,14+,15-,16-;;;;;/m000...../s1. The zero-order valence-corrected chi connectivity index (χ0v) is 81.5. The molecule has 142 heavy (non-hydrogen) atoms. The van der Waals surface area contributed by atoms with Crippen molar-refractivity contribution in [3.63, 3.8) is 0 Å². The van der Waals surface area contributed by atoms with E-state index in [1.54, 1.807) is 59.8 Å². The van der Waals surface area contributed by atoms with Crippen LogP contribution in [-0.2, 0) is 134 Å². The van der Waals surface area contributed by atoms with E-state index >= 15 is 0 Å². The number of nitrogens with one attached hydrogen (secondary N) is 12. The third kappa shape index (κ3) is 67.0. The van der Waals surface area contributed by atoms with E-state index in [1.807, 2.05) is 0 Å². The maximum absolute atomic E-state index is 12.6. The van der Waals surface area contributed by atoms with Crippen LogP contribution >= 0.6 is 47.0 Å². The Morgan fingerprint density at radius 2 is 0.408 bits per heavy atom. The Labute approximate surface area is 824 Å². The number of carboxylic acids is 8. The lowest BCUT2D eigenvalue weighted by atomic mass is 9.94. The maximum atomic E-state index is 12.6. The van der Waals surface area contributed by atoms with Crippen molar-refractivity contribution in [3.8, 4) is 0 Å². The van der Waals surface area contributed by atoms with Crippen LogP contribution in [0, 0.1) is 23.7 Å². The number of rotatable bonds is 65. The summed E-state index contributed by atoms with van der Waals surface area (Å²) >= 11 is 4.72. The number of aliphatic hydroxyl groups excluding tert-OH is 13. The molecule has 0 saturated carbocycles. The van der Waals surface area contributed by atoms with Gasteiger partial charge < -0.3 is 171 Å². The van der Waals surface area contributed by atoms with Gasteiger partial charge in [0.25, 0.3) is 0 Å². The quantitative estimate of drug-likeness (QED) is 0.0269. The number of carbonyl (C=O) groups excluding carboxylic acids is 20. The van der Waals surface area contributed by atoms with Crippen LogP contribution in [0.3, 0.4) is 0 Å². The highest BCUT2D eigenvalue weighted by atomic mass is 32.2. The summed E-state index contributed by atoms with van der Waals surface area (Å²) in [7, 11) is 6.11. The molecule has 0 spiro atoms. The Hall–Kier alpha value is -11.6.